The number of hydrogen-bond donors (Lipinski definition) is 2. The van der Waals surface area contributed by atoms with Crippen LogP contribution in [0.15, 0.2) is 47.4 Å². The minimum absolute atomic E-state index is 0.159. The highest BCUT2D eigenvalue weighted by molar-refractivity contribution is 8.00. The highest BCUT2D eigenvalue weighted by Gasteiger charge is 2.35. The third kappa shape index (κ3) is 7.58. The van der Waals surface area contributed by atoms with Gasteiger partial charge in [0.2, 0.25) is 5.91 Å². The zero-order chi connectivity index (χ0) is 32.0. The number of esters is 1. The molecular formula is C34H42N2O6S2. The Hall–Kier alpha value is -3.50. The quantitative estimate of drug-likeness (QED) is 0.163. The van der Waals surface area contributed by atoms with E-state index in [9.17, 15) is 14.4 Å². The molecule has 0 bridgehead atoms. The molecule has 0 saturated carbocycles. The van der Waals surface area contributed by atoms with Crippen LogP contribution in [0.1, 0.15) is 78.6 Å². The lowest BCUT2D eigenvalue weighted by atomic mass is 9.72. The van der Waals surface area contributed by atoms with Crippen LogP contribution in [0.3, 0.4) is 0 Å². The monoisotopic (exact) mass is 638 g/mol. The van der Waals surface area contributed by atoms with Gasteiger partial charge in [0.15, 0.2) is 0 Å². The number of methoxy groups -OCH3 is 2. The molecule has 1 aromatic heterocycles. The maximum atomic E-state index is 13.6. The van der Waals surface area contributed by atoms with Crippen LogP contribution in [0.25, 0.3) is 0 Å². The number of hydrogen-bond acceptors (Lipinski definition) is 8. The summed E-state index contributed by atoms with van der Waals surface area (Å²) in [5.74, 6) is 0.381. The van der Waals surface area contributed by atoms with E-state index in [0.29, 0.717) is 45.7 Å². The van der Waals surface area contributed by atoms with E-state index in [2.05, 4.69) is 31.4 Å². The predicted molar refractivity (Wildman–Crippen MR) is 178 cm³/mol. The number of fused-ring (bicyclic) bond motifs is 1. The van der Waals surface area contributed by atoms with Crippen molar-refractivity contribution in [2.45, 2.75) is 70.4 Å². The molecular weight excluding hydrogens is 597 g/mol. The van der Waals surface area contributed by atoms with Crippen molar-refractivity contribution in [1.29, 1.82) is 0 Å². The van der Waals surface area contributed by atoms with Crippen molar-refractivity contribution >= 4 is 51.6 Å². The number of benzene rings is 2. The van der Waals surface area contributed by atoms with E-state index in [1.807, 2.05) is 25.1 Å². The minimum atomic E-state index is -0.424. The summed E-state index contributed by atoms with van der Waals surface area (Å²) in [6.07, 6.45) is 3.24. The van der Waals surface area contributed by atoms with Crippen LogP contribution in [-0.4, -0.2) is 43.9 Å². The molecule has 0 spiro atoms. The minimum Gasteiger partial charge on any atom is -0.496 e. The largest absolute Gasteiger partial charge is 0.496 e. The second-order valence-electron chi connectivity index (χ2n) is 11.8. The molecule has 0 radical (unpaired) electrons. The zero-order valence-corrected chi connectivity index (χ0v) is 28.1. The molecule has 3 aromatic rings. The molecule has 2 unspecified atom stereocenters. The molecule has 1 aliphatic rings. The number of carbonyl (C=O) groups is 3. The first-order valence-electron chi connectivity index (χ1n) is 14.9. The summed E-state index contributed by atoms with van der Waals surface area (Å²) in [5.41, 5.74) is 2.55. The Morgan fingerprint density at radius 3 is 2.30 bits per heavy atom. The van der Waals surface area contributed by atoms with Crippen LogP contribution >= 0.6 is 23.1 Å². The number of carbonyl (C=O) groups excluding carboxylic acids is 3. The summed E-state index contributed by atoms with van der Waals surface area (Å²) >= 11 is 2.91. The van der Waals surface area contributed by atoms with Crippen molar-refractivity contribution in [3.05, 3.63) is 64.0 Å². The van der Waals surface area contributed by atoms with Crippen LogP contribution in [0.4, 0.5) is 10.7 Å². The molecule has 1 aliphatic carbocycles. The maximum Gasteiger partial charge on any atom is 0.341 e. The van der Waals surface area contributed by atoms with Crippen LogP contribution in [0.2, 0.25) is 0 Å². The Morgan fingerprint density at radius 1 is 1.00 bits per heavy atom. The average molecular weight is 639 g/mol. The molecule has 10 heteroatoms. The second-order valence-corrected chi connectivity index (χ2v) is 14.1. The molecule has 2 amide bonds. The van der Waals surface area contributed by atoms with Gasteiger partial charge in [0.25, 0.3) is 5.91 Å². The third-order valence-electron chi connectivity index (χ3n) is 7.89. The van der Waals surface area contributed by atoms with E-state index >= 15 is 0 Å². The number of thioether (sulfide) groups is 1. The van der Waals surface area contributed by atoms with E-state index in [1.165, 1.54) is 37.3 Å². The van der Waals surface area contributed by atoms with Crippen molar-refractivity contribution in [2.24, 2.45) is 11.3 Å². The Kier molecular flexibility index (Phi) is 11.0. The SMILES string of the molecule is CCOC(=O)c1c(NC(=O)C(CC)Sc2cccc(NC(=O)c3c(OC)cccc3OC)c2)sc2c1CCC(C(C)(C)C)C2. The van der Waals surface area contributed by atoms with Gasteiger partial charge in [0, 0.05) is 15.5 Å². The first-order valence-corrected chi connectivity index (χ1v) is 16.6. The topological polar surface area (TPSA) is 103 Å². The van der Waals surface area contributed by atoms with Crippen LogP contribution < -0.4 is 20.1 Å². The molecule has 1 heterocycles. The molecule has 4 rings (SSSR count). The van der Waals surface area contributed by atoms with E-state index in [-0.39, 0.29) is 29.8 Å². The number of amides is 2. The molecule has 44 heavy (non-hydrogen) atoms. The van der Waals surface area contributed by atoms with Crippen molar-refractivity contribution in [1.82, 2.24) is 0 Å². The number of rotatable bonds is 11. The van der Waals surface area contributed by atoms with Gasteiger partial charge < -0.3 is 24.8 Å². The first kappa shape index (κ1) is 33.4. The highest BCUT2D eigenvalue weighted by atomic mass is 32.2. The van der Waals surface area contributed by atoms with Crippen LogP contribution in [0.5, 0.6) is 11.5 Å². The van der Waals surface area contributed by atoms with Gasteiger partial charge in [-0.2, -0.15) is 0 Å². The van der Waals surface area contributed by atoms with Gasteiger partial charge in [-0.15, -0.1) is 23.1 Å². The van der Waals surface area contributed by atoms with E-state index < -0.39 is 5.25 Å². The lowest BCUT2D eigenvalue weighted by Crippen LogP contribution is -2.27. The highest BCUT2D eigenvalue weighted by Crippen LogP contribution is 2.45. The number of thiophene rings is 1. The van der Waals surface area contributed by atoms with Gasteiger partial charge in [-0.1, -0.05) is 39.8 Å². The van der Waals surface area contributed by atoms with E-state index in [0.717, 1.165) is 34.6 Å². The summed E-state index contributed by atoms with van der Waals surface area (Å²) in [4.78, 5) is 41.9. The average Bonchev–Trinajstić information content (AvgIpc) is 3.36. The summed E-state index contributed by atoms with van der Waals surface area (Å²) in [6.45, 7) is 10.8. The summed E-state index contributed by atoms with van der Waals surface area (Å²) in [6, 6.07) is 12.5. The van der Waals surface area contributed by atoms with Gasteiger partial charge in [0.05, 0.1) is 31.6 Å². The lowest BCUT2D eigenvalue weighted by molar-refractivity contribution is -0.115. The first-order chi connectivity index (χ1) is 21.0. The fraction of sp³-hybridized carbons (Fsp3) is 0.441. The van der Waals surface area contributed by atoms with Crippen molar-refractivity contribution in [3.8, 4) is 11.5 Å². The van der Waals surface area contributed by atoms with Gasteiger partial charge in [0.1, 0.15) is 22.1 Å². The van der Waals surface area contributed by atoms with Crippen molar-refractivity contribution in [3.63, 3.8) is 0 Å². The zero-order valence-electron chi connectivity index (χ0n) is 26.5. The van der Waals surface area contributed by atoms with Gasteiger partial charge >= 0.3 is 5.97 Å². The van der Waals surface area contributed by atoms with Crippen molar-refractivity contribution < 1.29 is 28.6 Å². The number of anilines is 2. The lowest BCUT2D eigenvalue weighted by Gasteiger charge is -2.33. The summed E-state index contributed by atoms with van der Waals surface area (Å²) in [7, 11) is 3.00. The number of nitrogens with one attached hydrogen (secondary N) is 2. The van der Waals surface area contributed by atoms with Gasteiger partial charge in [-0.25, -0.2) is 4.79 Å². The summed E-state index contributed by atoms with van der Waals surface area (Å²) in [5, 5.41) is 6.15. The third-order valence-corrected chi connectivity index (χ3v) is 10.4. The molecule has 2 aromatic carbocycles. The fourth-order valence-electron chi connectivity index (χ4n) is 5.43. The van der Waals surface area contributed by atoms with Gasteiger partial charge in [-0.05, 0) is 79.8 Å². The Balaban J connectivity index is 1.52. The van der Waals surface area contributed by atoms with E-state index in [1.54, 1.807) is 31.2 Å². The van der Waals surface area contributed by atoms with Crippen LogP contribution in [0, 0.1) is 11.3 Å². The molecule has 2 atom stereocenters. The van der Waals surface area contributed by atoms with E-state index in [4.69, 9.17) is 14.2 Å². The molecule has 8 nitrogen and oxygen atoms in total. The molecule has 0 aliphatic heterocycles. The Labute approximate surface area is 268 Å². The molecule has 0 saturated heterocycles. The maximum absolute atomic E-state index is 13.6. The molecule has 2 N–H and O–H groups in total. The fourth-order valence-corrected chi connectivity index (χ4v) is 7.76. The normalized spacial score (nSPS) is 15.1. The Morgan fingerprint density at radius 2 is 1.68 bits per heavy atom. The van der Waals surface area contributed by atoms with Crippen molar-refractivity contribution in [2.75, 3.05) is 31.5 Å². The smallest absolute Gasteiger partial charge is 0.341 e. The van der Waals surface area contributed by atoms with Gasteiger partial charge in [-0.3, -0.25) is 9.59 Å². The predicted octanol–water partition coefficient (Wildman–Crippen LogP) is 7.85. The Bertz CT molecular complexity index is 1490. The standard InChI is InChI=1S/C34H42N2O6S2/c1-8-26(43-22-13-10-12-21(19-22)35-31(38)29-24(40-6)14-11-15-25(29)41-7)30(37)36-32-28(33(39)42-9-2)23-17-16-20(34(3,4)5)18-27(23)44-32/h10-15,19-20,26H,8-9,16-18H2,1-7H3,(H,35,38)(H,36,37). The van der Waals surface area contributed by atoms with Crippen LogP contribution in [-0.2, 0) is 22.4 Å². The number of ether oxygens (including phenoxy) is 3. The molecule has 236 valence electrons. The molecule has 0 fully saturated rings. The summed E-state index contributed by atoms with van der Waals surface area (Å²) < 4.78 is 16.2. The second kappa shape index (κ2) is 14.5.